The van der Waals surface area contributed by atoms with Crippen LogP contribution in [0, 0.1) is 16.0 Å². The van der Waals surface area contributed by atoms with Gasteiger partial charge in [0, 0.05) is 36.0 Å². The Balaban J connectivity index is 1.41. The Hall–Kier alpha value is -2.08. The Labute approximate surface area is 188 Å². The largest absolute Gasteiger partial charge is 0.302 e. The first-order chi connectivity index (χ1) is 14.8. The standard InChI is InChI=1S/C19H21ClN4O5S2/c20-14-6-5-13(24(26)27)11-17(14)31(28,29)23-9-7-12(8-10-23)18(25)22-19-21-15-3-1-2-4-16(15)30-19/h5-6,11-12H,1-4,7-10H2,(H,21,22,25). The Morgan fingerprint density at radius 1 is 1.26 bits per heavy atom. The number of rotatable bonds is 5. The van der Waals surface area contributed by atoms with Crippen LogP contribution in [0.1, 0.15) is 36.3 Å². The second kappa shape index (κ2) is 8.81. The van der Waals surface area contributed by atoms with Crippen LogP contribution in [0.25, 0.3) is 0 Å². The maximum absolute atomic E-state index is 13.0. The first kappa shape index (κ1) is 22.1. The van der Waals surface area contributed by atoms with Gasteiger partial charge < -0.3 is 5.32 Å². The molecule has 0 radical (unpaired) electrons. The topological polar surface area (TPSA) is 123 Å². The molecule has 2 aromatic rings. The summed E-state index contributed by atoms with van der Waals surface area (Å²) >= 11 is 7.53. The minimum Gasteiger partial charge on any atom is -0.302 e. The number of carbonyl (C=O) groups excluding carboxylic acids is 1. The number of nitro benzene ring substituents is 1. The molecule has 1 amide bonds. The molecule has 9 nitrogen and oxygen atoms in total. The molecule has 0 atom stereocenters. The van der Waals surface area contributed by atoms with Crippen LogP contribution in [0.4, 0.5) is 10.8 Å². The Bertz CT molecular complexity index is 1100. The number of thiazole rings is 1. The number of halogens is 1. The van der Waals surface area contributed by atoms with Crippen molar-refractivity contribution >= 4 is 49.7 Å². The first-order valence-electron chi connectivity index (χ1n) is 9.99. The minimum atomic E-state index is -4.00. The van der Waals surface area contributed by atoms with E-state index in [1.807, 2.05) is 0 Å². The third-order valence-electron chi connectivity index (χ3n) is 5.64. The van der Waals surface area contributed by atoms with Crippen molar-refractivity contribution in [2.75, 3.05) is 18.4 Å². The van der Waals surface area contributed by atoms with E-state index in [2.05, 4.69) is 10.3 Å². The number of benzene rings is 1. The van der Waals surface area contributed by atoms with Gasteiger partial charge >= 0.3 is 0 Å². The van der Waals surface area contributed by atoms with Crippen LogP contribution in [-0.4, -0.2) is 41.6 Å². The zero-order valence-electron chi connectivity index (χ0n) is 16.5. The van der Waals surface area contributed by atoms with E-state index in [4.69, 9.17) is 11.6 Å². The number of carbonyl (C=O) groups is 1. The number of hydrogen-bond donors (Lipinski definition) is 1. The summed E-state index contributed by atoms with van der Waals surface area (Å²) in [5.74, 6) is -0.482. The normalized spacial score (nSPS) is 17.8. The van der Waals surface area contributed by atoms with Crippen molar-refractivity contribution in [3.63, 3.8) is 0 Å². The molecule has 1 fully saturated rings. The van der Waals surface area contributed by atoms with Crippen molar-refractivity contribution in [3.8, 4) is 0 Å². The van der Waals surface area contributed by atoms with Crippen LogP contribution in [0.15, 0.2) is 23.1 Å². The lowest BCUT2D eigenvalue weighted by atomic mass is 9.97. The van der Waals surface area contributed by atoms with E-state index in [9.17, 15) is 23.3 Å². The molecule has 12 heteroatoms. The molecular formula is C19H21ClN4O5S2. The number of hydrogen-bond acceptors (Lipinski definition) is 7. The number of aryl methyl sites for hydroxylation is 2. The lowest BCUT2D eigenvalue weighted by Gasteiger charge is -2.30. The van der Waals surface area contributed by atoms with Gasteiger partial charge in [0.1, 0.15) is 4.90 Å². The van der Waals surface area contributed by atoms with Crippen LogP contribution in [0.2, 0.25) is 5.02 Å². The lowest BCUT2D eigenvalue weighted by molar-refractivity contribution is -0.385. The van der Waals surface area contributed by atoms with Crippen molar-refractivity contribution in [1.82, 2.24) is 9.29 Å². The molecule has 1 aromatic heterocycles. The van der Waals surface area contributed by atoms with E-state index < -0.39 is 14.9 Å². The van der Waals surface area contributed by atoms with Crippen LogP contribution in [0.3, 0.4) is 0 Å². The molecule has 1 aliphatic heterocycles. The molecule has 1 aromatic carbocycles. The Kier molecular flexibility index (Phi) is 6.29. The SMILES string of the molecule is O=C(Nc1nc2c(s1)CCCC2)C1CCN(S(=O)(=O)c2cc([N+](=O)[O-])ccc2Cl)CC1. The maximum atomic E-state index is 13.0. The summed E-state index contributed by atoms with van der Waals surface area (Å²) in [4.78, 5) is 28.5. The molecule has 0 saturated carbocycles. The minimum absolute atomic E-state index is 0.0711. The van der Waals surface area contributed by atoms with Crippen molar-refractivity contribution in [2.24, 2.45) is 5.92 Å². The Morgan fingerprint density at radius 2 is 1.97 bits per heavy atom. The molecular weight excluding hydrogens is 464 g/mol. The van der Waals surface area contributed by atoms with E-state index in [0.717, 1.165) is 43.5 Å². The summed E-state index contributed by atoms with van der Waals surface area (Å²) in [6, 6.07) is 3.34. The molecule has 0 spiro atoms. The third-order valence-corrected chi connectivity index (χ3v) is 9.10. The fourth-order valence-corrected chi connectivity index (χ4v) is 6.93. The van der Waals surface area contributed by atoms with Crippen LogP contribution < -0.4 is 5.32 Å². The van der Waals surface area contributed by atoms with Crippen molar-refractivity contribution in [3.05, 3.63) is 43.9 Å². The summed E-state index contributed by atoms with van der Waals surface area (Å²) in [6.45, 7) is 0.265. The van der Waals surface area contributed by atoms with Gasteiger partial charge in [-0.15, -0.1) is 11.3 Å². The van der Waals surface area contributed by atoms with Crippen LogP contribution in [0.5, 0.6) is 0 Å². The zero-order valence-corrected chi connectivity index (χ0v) is 18.9. The van der Waals surface area contributed by atoms with Crippen molar-refractivity contribution in [2.45, 2.75) is 43.4 Å². The fraction of sp³-hybridized carbons (Fsp3) is 0.474. The number of amides is 1. The second-order valence-electron chi connectivity index (χ2n) is 7.64. The zero-order chi connectivity index (χ0) is 22.2. The van der Waals surface area contributed by atoms with Gasteiger partial charge in [-0.05, 0) is 44.6 Å². The average molecular weight is 485 g/mol. The van der Waals surface area contributed by atoms with Gasteiger partial charge in [0.25, 0.3) is 5.69 Å². The summed E-state index contributed by atoms with van der Waals surface area (Å²) in [5, 5.41) is 14.4. The van der Waals surface area contributed by atoms with E-state index in [1.54, 1.807) is 0 Å². The number of piperidine rings is 1. The van der Waals surface area contributed by atoms with E-state index in [0.29, 0.717) is 18.0 Å². The van der Waals surface area contributed by atoms with Gasteiger partial charge in [0.2, 0.25) is 15.9 Å². The third kappa shape index (κ3) is 4.59. The average Bonchev–Trinajstić information content (AvgIpc) is 3.16. The highest BCUT2D eigenvalue weighted by molar-refractivity contribution is 7.89. The lowest BCUT2D eigenvalue weighted by Crippen LogP contribution is -2.41. The number of non-ortho nitro benzene ring substituents is 1. The molecule has 166 valence electrons. The van der Waals surface area contributed by atoms with Crippen molar-refractivity contribution < 1.29 is 18.1 Å². The number of nitrogens with zero attached hydrogens (tertiary/aromatic N) is 3. The molecule has 2 heterocycles. The van der Waals surface area contributed by atoms with Gasteiger partial charge in [0.05, 0.1) is 15.6 Å². The molecule has 1 N–H and O–H groups in total. The number of nitrogens with one attached hydrogen (secondary N) is 1. The Morgan fingerprint density at radius 3 is 2.65 bits per heavy atom. The predicted molar refractivity (Wildman–Crippen MR) is 117 cm³/mol. The summed E-state index contributed by atoms with van der Waals surface area (Å²) in [7, 11) is -4.00. The molecule has 0 unspecified atom stereocenters. The molecule has 1 saturated heterocycles. The molecule has 0 bridgehead atoms. The monoisotopic (exact) mass is 484 g/mol. The van der Waals surface area contributed by atoms with Gasteiger partial charge in [-0.25, -0.2) is 13.4 Å². The fourth-order valence-electron chi connectivity index (χ4n) is 3.91. The first-order valence-corrected chi connectivity index (χ1v) is 12.6. The van der Waals surface area contributed by atoms with Gasteiger partial charge in [-0.2, -0.15) is 4.31 Å². The highest BCUT2D eigenvalue weighted by Crippen LogP contribution is 2.33. The highest BCUT2D eigenvalue weighted by Gasteiger charge is 2.34. The maximum Gasteiger partial charge on any atom is 0.270 e. The van der Waals surface area contributed by atoms with Gasteiger partial charge in [-0.3, -0.25) is 14.9 Å². The van der Waals surface area contributed by atoms with Gasteiger partial charge in [-0.1, -0.05) is 11.6 Å². The second-order valence-corrected chi connectivity index (χ2v) is 11.0. The van der Waals surface area contributed by atoms with E-state index in [-0.39, 0.29) is 40.5 Å². The quantitative estimate of drug-likeness (QED) is 0.510. The number of sulfonamides is 1. The number of fused-ring (bicyclic) bond motifs is 1. The molecule has 4 rings (SSSR count). The van der Waals surface area contributed by atoms with Gasteiger partial charge in [0.15, 0.2) is 5.13 Å². The number of aromatic nitrogens is 1. The van der Waals surface area contributed by atoms with Crippen LogP contribution >= 0.6 is 22.9 Å². The molecule has 2 aliphatic rings. The molecule has 1 aliphatic carbocycles. The highest BCUT2D eigenvalue weighted by atomic mass is 35.5. The number of nitro groups is 1. The van der Waals surface area contributed by atoms with Crippen molar-refractivity contribution in [1.29, 1.82) is 0 Å². The molecule has 31 heavy (non-hydrogen) atoms. The van der Waals surface area contributed by atoms with Crippen LogP contribution in [-0.2, 0) is 27.7 Å². The van der Waals surface area contributed by atoms with E-state index >= 15 is 0 Å². The summed E-state index contributed by atoms with van der Waals surface area (Å²) in [5.41, 5.74) is 0.727. The predicted octanol–water partition coefficient (Wildman–Crippen LogP) is 3.62. The smallest absolute Gasteiger partial charge is 0.270 e. The summed E-state index contributed by atoms with van der Waals surface area (Å²) < 4.78 is 27.2. The number of anilines is 1. The van der Waals surface area contributed by atoms with E-state index in [1.165, 1.54) is 26.6 Å². The summed E-state index contributed by atoms with van der Waals surface area (Å²) in [6.07, 6.45) is 4.90.